The molecule has 6 nitrogen and oxygen atoms in total. The summed E-state index contributed by atoms with van der Waals surface area (Å²) < 4.78 is 28.4. The van der Waals surface area contributed by atoms with Crippen LogP contribution in [0.15, 0.2) is 199 Å². The summed E-state index contributed by atoms with van der Waals surface area (Å²) in [5, 5.41) is 1.97. The second-order valence-electron chi connectivity index (χ2n) is 16.3. The van der Waals surface area contributed by atoms with Crippen LogP contribution >= 0.6 is 0 Å². The number of furan rings is 1. The van der Waals surface area contributed by atoms with Gasteiger partial charge in [-0.25, -0.2) is 0 Å². The average Bonchev–Trinajstić information content (AvgIpc) is 3.71. The molecular weight excluding hydrogens is 762 g/mol. The number of benzene rings is 9. The Bertz CT molecular complexity index is 3450. The highest BCUT2D eigenvalue weighted by atomic mass is 16.5. The summed E-state index contributed by atoms with van der Waals surface area (Å²) in [5.74, 6) is 4.55. The lowest BCUT2D eigenvalue weighted by atomic mass is 9.32. The van der Waals surface area contributed by atoms with Crippen molar-refractivity contribution in [2.75, 3.05) is 9.80 Å². The Labute approximate surface area is 357 Å². The van der Waals surface area contributed by atoms with Crippen LogP contribution in [0.25, 0.3) is 21.9 Å². The fourth-order valence-electron chi connectivity index (χ4n) is 10.5. The Kier molecular flexibility index (Phi) is 6.91. The molecule has 5 heterocycles. The van der Waals surface area contributed by atoms with Gasteiger partial charge in [-0.1, -0.05) is 121 Å². The predicted octanol–water partition coefficient (Wildman–Crippen LogP) is 10.2. The van der Waals surface area contributed by atoms with Gasteiger partial charge in [-0.2, -0.15) is 0 Å². The molecule has 0 saturated heterocycles. The van der Waals surface area contributed by atoms with Crippen LogP contribution in [-0.2, 0) is 0 Å². The Balaban J connectivity index is 1.03. The van der Waals surface area contributed by atoms with Crippen molar-refractivity contribution in [1.82, 2.24) is 0 Å². The first-order valence-corrected chi connectivity index (χ1v) is 21.1. The molecule has 0 N–H and O–H groups in total. The highest BCUT2D eigenvalue weighted by Gasteiger charge is 2.48. The predicted molar refractivity (Wildman–Crippen MR) is 252 cm³/mol. The lowest BCUT2D eigenvalue weighted by Gasteiger charge is -2.41. The van der Waals surface area contributed by atoms with Crippen LogP contribution in [0.4, 0.5) is 34.1 Å². The van der Waals surface area contributed by atoms with Crippen LogP contribution in [0.3, 0.4) is 0 Å². The van der Waals surface area contributed by atoms with E-state index in [-0.39, 0.29) is 13.4 Å². The standard InChI is InChI=1S/C54H32B2N2O4/c1-4-16-33(17-5-1)57(34-18-6-2-7-19-34)36-30-47-51-48(31-36)61-52-40(56(51)39-24-12-15-27-45(39)60-47)28-29-41-53(52)62-54-49-37-22-10-14-26-44(37)59-46(49)32-43-50(54)55(41)38-23-11-13-25-42(38)58(43)35-20-8-3-9-21-35/h1-32H. The maximum Gasteiger partial charge on any atom is 0.260 e. The first kappa shape index (κ1) is 33.7. The van der Waals surface area contributed by atoms with E-state index in [0.717, 1.165) is 112 Å². The molecule has 4 aliphatic rings. The molecule has 10 aromatic rings. The minimum atomic E-state index is -0.159. The van der Waals surface area contributed by atoms with Crippen molar-refractivity contribution in [2.45, 2.75) is 0 Å². The molecule has 0 fully saturated rings. The van der Waals surface area contributed by atoms with Crippen molar-refractivity contribution in [3.8, 4) is 34.5 Å². The topological polar surface area (TPSA) is 47.3 Å². The van der Waals surface area contributed by atoms with Crippen LogP contribution < -0.4 is 56.8 Å². The molecule has 8 heteroatoms. The van der Waals surface area contributed by atoms with Gasteiger partial charge in [0.2, 0.25) is 0 Å². The Hall–Kier alpha value is -8.09. The minimum absolute atomic E-state index is 0.149. The van der Waals surface area contributed by atoms with E-state index in [1.807, 2.05) is 30.3 Å². The zero-order valence-electron chi connectivity index (χ0n) is 33.2. The van der Waals surface area contributed by atoms with Gasteiger partial charge < -0.3 is 28.4 Å². The molecule has 62 heavy (non-hydrogen) atoms. The first-order chi connectivity index (χ1) is 30.8. The Morgan fingerprint density at radius 2 is 0.984 bits per heavy atom. The summed E-state index contributed by atoms with van der Waals surface area (Å²) in [6.07, 6.45) is 0. The summed E-state index contributed by atoms with van der Waals surface area (Å²) in [4.78, 5) is 4.60. The molecule has 4 aliphatic heterocycles. The highest BCUT2D eigenvalue weighted by molar-refractivity contribution is 7.01. The average molecular weight is 794 g/mol. The van der Waals surface area contributed by atoms with Crippen LogP contribution in [0.1, 0.15) is 0 Å². The zero-order valence-corrected chi connectivity index (χ0v) is 33.2. The lowest BCUT2D eigenvalue weighted by Crippen LogP contribution is -2.61. The van der Waals surface area contributed by atoms with Crippen molar-refractivity contribution in [3.05, 3.63) is 194 Å². The van der Waals surface area contributed by atoms with Gasteiger partial charge in [0.25, 0.3) is 13.4 Å². The molecule has 0 spiro atoms. The van der Waals surface area contributed by atoms with Crippen LogP contribution in [0, 0.1) is 0 Å². The fraction of sp³-hybridized carbons (Fsp3) is 0. The van der Waals surface area contributed by atoms with Crippen molar-refractivity contribution in [1.29, 1.82) is 0 Å². The van der Waals surface area contributed by atoms with Crippen LogP contribution in [0.5, 0.6) is 34.5 Å². The molecular formula is C54H32B2N2O4. The van der Waals surface area contributed by atoms with E-state index in [0.29, 0.717) is 5.75 Å². The summed E-state index contributed by atoms with van der Waals surface area (Å²) in [5.41, 5.74) is 14.3. The van der Waals surface area contributed by atoms with Gasteiger partial charge in [0.15, 0.2) is 11.5 Å². The quantitative estimate of drug-likeness (QED) is 0.166. The number of fused-ring (bicyclic) bond motifs is 13. The Morgan fingerprint density at radius 1 is 0.387 bits per heavy atom. The maximum absolute atomic E-state index is 7.51. The van der Waals surface area contributed by atoms with Gasteiger partial charge in [-0.3, -0.25) is 0 Å². The van der Waals surface area contributed by atoms with Gasteiger partial charge in [0, 0.05) is 57.5 Å². The largest absolute Gasteiger partial charge is 0.458 e. The maximum atomic E-state index is 7.51. The molecule has 0 radical (unpaired) electrons. The minimum Gasteiger partial charge on any atom is -0.458 e. The summed E-state index contributed by atoms with van der Waals surface area (Å²) >= 11 is 0. The molecule has 288 valence electrons. The SMILES string of the molecule is c1ccc(N(c2ccccc2)c2cc3c4c(c2)Oc2c(ccc5c2Oc2c6c(cc7oc8ccccc8c27)N(c2ccccc2)c2ccccc2B56)B4c2ccccc2O3)cc1. The van der Waals surface area contributed by atoms with E-state index in [4.69, 9.17) is 18.6 Å². The first-order valence-electron chi connectivity index (χ1n) is 21.1. The van der Waals surface area contributed by atoms with Gasteiger partial charge >= 0.3 is 0 Å². The molecule has 0 bridgehead atoms. The third kappa shape index (κ3) is 4.66. The second kappa shape index (κ2) is 12.7. The molecule has 14 rings (SSSR count). The number of hydrogen-bond acceptors (Lipinski definition) is 6. The normalized spacial score (nSPS) is 13.5. The van der Waals surface area contributed by atoms with E-state index >= 15 is 0 Å². The lowest BCUT2D eigenvalue weighted by molar-refractivity contribution is 0.423. The van der Waals surface area contributed by atoms with Gasteiger partial charge in [0.1, 0.15) is 34.2 Å². The summed E-state index contributed by atoms with van der Waals surface area (Å²) in [6.45, 7) is -0.308. The van der Waals surface area contributed by atoms with E-state index in [1.165, 1.54) is 5.46 Å². The second-order valence-corrected chi connectivity index (χ2v) is 16.3. The van der Waals surface area contributed by atoms with Crippen LogP contribution in [0.2, 0.25) is 0 Å². The summed E-state index contributed by atoms with van der Waals surface area (Å²) in [6, 6.07) is 67.9. The van der Waals surface area contributed by atoms with Gasteiger partial charge in [-0.05, 0) is 81.9 Å². The fourth-order valence-corrected chi connectivity index (χ4v) is 10.5. The smallest absolute Gasteiger partial charge is 0.260 e. The monoisotopic (exact) mass is 794 g/mol. The van der Waals surface area contributed by atoms with Crippen LogP contribution in [-0.4, -0.2) is 13.4 Å². The van der Waals surface area contributed by atoms with E-state index in [1.54, 1.807) is 0 Å². The number of rotatable bonds is 4. The van der Waals surface area contributed by atoms with E-state index in [9.17, 15) is 0 Å². The number of anilines is 6. The summed E-state index contributed by atoms with van der Waals surface area (Å²) in [7, 11) is 0. The van der Waals surface area contributed by atoms with Gasteiger partial charge in [-0.15, -0.1) is 0 Å². The molecule has 0 aliphatic carbocycles. The molecule has 0 unspecified atom stereocenters. The van der Waals surface area contributed by atoms with E-state index < -0.39 is 0 Å². The van der Waals surface area contributed by atoms with Crippen molar-refractivity contribution >= 4 is 102 Å². The highest BCUT2D eigenvalue weighted by Crippen LogP contribution is 2.50. The molecule has 0 amide bonds. The molecule has 0 saturated carbocycles. The molecule has 1 aromatic heterocycles. The van der Waals surface area contributed by atoms with Crippen molar-refractivity contribution in [2.24, 2.45) is 0 Å². The third-order valence-corrected chi connectivity index (χ3v) is 13.0. The molecule has 9 aromatic carbocycles. The van der Waals surface area contributed by atoms with Crippen molar-refractivity contribution < 1.29 is 18.6 Å². The number of para-hydroxylation sites is 6. The third-order valence-electron chi connectivity index (χ3n) is 13.0. The van der Waals surface area contributed by atoms with Crippen molar-refractivity contribution in [3.63, 3.8) is 0 Å². The number of ether oxygens (including phenoxy) is 3. The van der Waals surface area contributed by atoms with E-state index in [2.05, 4.69) is 174 Å². The molecule has 0 atom stereocenters. The zero-order chi connectivity index (χ0) is 40.5. The number of hydrogen-bond donors (Lipinski definition) is 0. The Morgan fingerprint density at radius 3 is 1.74 bits per heavy atom. The van der Waals surface area contributed by atoms with Gasteiger partial charge in [0.05, 0.1) is 11.1 Å². The number of nitrogens with zero attached hydrogens (tertiary/aromatic N) is 2.